The lowest BCUT2D eigenvalue weighted by molar-refractivity contribution is -0.387. The molecule has 1 unspecified atom stereocenters. The number of nitro groups is 1. The summed E-state index contributed by atoms with van der Waals surface area (Å²) in [5.41, 5.74) is -0.0873. The average Bonchev–Trinajstić information content (AvgIpc) is 2.64. The van der Waals surface area contributed by atoms with Gasteiger partial charge in [0.1, 0.15) is 0 Å². The monoisotopic (exact) mass is 371 g/mol. The molecular formula is C19H17NO5S. The number of carbonyl (C=O) groups is 2. The van der Waals surface area contributed by atoms with Crippen LogP contribution in [0, 0.1) is 10.1 Å². The van der Waals surface area contributed by atoms with Gasteiger partial charge in [-0.05, 0) is 43.5 Å². The van der Waals surface area contributed by atoms with Crippen LogP contribution in [-0.4, -0.2) is 22.8 Å². The van der Waals surface area contributed by atoms with Gasteiger partial charge < -0.3 is 4.74 Å². The smallest absolute Gasteiger partial charge is 0.339 e. The van der Waals surface area contributed by atoms with Gasteiger partial charge in [0, 0.05) is 17.4 Å². The maximum atomic E-state index is 12.3. The number of Topliss-reactive ketones (excluding diaryl/α,β-unsaturated/α-hetero) is 1. The predicted molar refractivity (Wildman–Crippen MR) is 96.3 cm³/mol. The average molecular weight is 371 g/mol. The summed E-state index contributed by atoms with van der Waals surface area (Å²) in [5, 5.41) is 11.4. The van der Waals surface area contributed by atoms with Crippen LogP contribution in [0.3, 0.4) is 0 Å². The molecule has 0 spiro atoms. The van der Waals surface area contributed by atoms with Crippen LogP contribution in [0.1, 0.15) is 36.0 Å². The standard InChI is InChI=1S/C19H17NO5S/c21-16-8-4-5-9-17(16)25-19(22)13-10-11-18(15(12-13)20(23)24)26-14-6-2-1-3-7-14/h1-3,6-7,10-12,17H,4-5,8-9H2. The largest absolute Gasteiger partial charge is 0.451 e. The van der Waals surface area contributed by atoms with E-state index in [1.165, 1.54) is 30.0 Å². The Morgan fingerprint density at radius 2 is 1.92 bits per heavy atom. The number of hydrogen-bond acceptors (Lipinski definition) is 6. The lowest BCUT2D eigenvalue weighted by Gasteiger charge is -2.20. The SMILES string of the molecule is O=C(OC1CCCCC1=O)c1ccc(Sc2ccccc2)c([N+](=O)[O-])c1. The van der Waals surface area contributed by atoms with Gasteiger partial charge in [-0.2, -0.15) is 0 Å². The van der Waals surface area contributed by atoms with Crippen LogP contribution in [-0.2, 0) is 9.53 Å². The zero-order chi connectivity index (χ0) is 18.5. The van der Waals surface area contributed by atoms with E-state index in [9.17, 15) is 19.7 Å². The van der Waals surface area contributed by atoms with Gasteiger partial charge in [0.05, 0.1) is 15.4 Å². The van der Waals surface area contributed by atoms with Crippen LogP contribution in [0.5, 0.6) is 0 Å². The summed E-state index contributed by atoms with van der Waals surface area (Å²) in [5.74, 6) is -0.792. The zero-order valence-corrected chi connectivity index (χ0v) is 14.7. The molecule has 1 aliphatic rings. The predicted octanol–water partition coefficient (Wildman–Crippen LogP) is 4.41. The minimum absolute atomic E-state index is 0.0764. The molecule has 0 bridgehead atoms. The summed E-state index contributed by atoms with van der Waals surface area (Å²) in [6.07, 6.45) is 1.81. The van der Waals surface area contributed by atoms with E-state index >= 15 is 0 Å². The molecule has 1 fully saturated rings. The summed E-state index contributed by atoms with van der Waals surface area (Å²) >= 11 is 1.25. The summed E-state index contributed by atoms with van der Waals surface area (Å²) in [6, 6.07) is 13.5. The maximum Gasteiger partial charge on any atom is 0.339 e. The molecule has 1 saturated carbocycles. The Hall–Kier alpha value is -2.67. The third kappa shape index (κ3) is 4.29. The van der Waals surface area contributed by atoms with Crippen molar-refractivity contribution < 1.29 is 19.2 Å². The quantitative estimate of drug-likeness (QED) is 0.439. The van der Waals surface area contributed by atoms with Crippen molar-refractivity contribution in [3.05, 3.63) is 64.2 Å². The number of ketones is 1. The molecule has 6 nitrogen and oxygen atoms in total. The Morgan fingerprint density at radius 3 is 2.62 bits per heavy atom. The van der Waals surface area contributed by atoms with Gasteiger partial charge >= 0.3 is 5.97 Å². The molecule has 134 valence electrons. The third-order valence-corrected chi connectivity index (χ3v) is 5.18. The fraction of sp³-hybridized carbons (Fsp3) is 0.263. The first kappa shape index (κ1) is 18.1. The summed E-state index contributed by atoms with van der Waals surface area (Å²) in [7, 11) is 0. The van der Waals surface area contributed by atoms with Gasteiger partial charge in [-0.25, -0.2) is 4.79 Å². The second-order valence-electron chi connectivity index (χ2n) is 5.96. The highest BCUT2D eigenvalue weighted by atomic mass is 32.2. The maximum absolute atomic E-state index is 12.3. The topological polar surface area (TPSA) is 86.5 Å². The van der Waals surface area contributed by atoms with Crippen molar-refractivity contribution in [2.45, 2.75) is 41.6 Å². The molecule has 3 rings (SSSR count). The van der Waals surface area contributed by atoms with Crippen LogP contribution in [0.15, 0.2) is 58.3 Å². The van der Waals surface area contributed by atoms with Crippen molar-refractivity contribution in [1.29, 1.82) is 0 Å². The fourth-order valence-electron chi connectivity index (χ4n) is 2.76. The van der Waals surface area contributed by atoms with Crippen LogP contribution in [0.25, 0.3) is 0 Å². The van der Waals surface area contributed by atoms with Gasteiger partial charge in [0.2, 0.25) is 0 Å². The van der Waals surface area contributed by atoms with Crippen molar-refractivity contribution in [2.24, 2.45) is 0 Å². The van der Waals surface area contributed by atoms with Crippen molar-refractivity contribution in [3.8, 4) is 0 Å². The molecule has 26 heavy (non-hydrogen) atoms. The Kier molecular flexibility index (Phi) is 5.68. The first-order valence-corrected chi connectivity index (χ1v) is 9.11. The molecule has 1 atom stereocenters. The number of nitrogens with zero attached hydrogens (tertiary/aromatic N) is 1. The number of benzene rings is 2. The van der Waals surface area contributed by atoms with Crippen LogP contribution in [0.4, 0.5) is 5.69 Å². The number of nitro benzene ring substituents is 1. The molecule has 0 N–H and O–H groups in total. The van der Waals surface area contributed by atoms with Crippen molar-refractivity contribution in [1.82, 2.24) is 0 Å². The lowest BCUT2D eigenvalue weighted by atomic mass is 9.96. The highest BCUT2D eigenvalue weighted by Gasteiger charge is 2.27. The second-order valence-corrected chi connectivity index (χ2v) is 7.08. The highest BCUT2D eigenvalue weighted by Crippen LogP contribution is 2.35. The molecule has 0 radical (unpaired) electrons. The number of ether oxygens (including phenoxy) is 1. The minimum Gasteiger partial charge on any atom is -0.451 e. The third-order valence-electron chi connectivity index (χ3n) is 4.11. The van der Waals surface area contributed by atoms with Gasteiger partial charge in [-0.3, -0.25) is 14.9 Å². The van der Waals surface area contributed by atoms with Gasteiger partial charge in [0.25, 0.3) is 5.69 Å². The molecule has 2 aromatic carbocycles. The molecule has 0 amide bonds. The van der Waals surface area contributed by atoms with E-state index in [1.807, 2.05) is 30.3 Å². The van der Waals surface area contributed by atoms with Crippen molar-refractivity contribution in [2.75, 3.05) is 0 Å². The van der Waals surface area contributed by atoms with E-state index in [-0.39, 0.29) is 17.0 Å². The summed E-state index contributed by atoms with van der Waals surface area (Å²) in [6.45, 7) is 0. The van der Waals surface area contributed by atoms with Crippen LogP contribution in [0.2, 0.25) is 0 Å². The number of carbonyl (C=O) groups excluding carboxylic acids is 2. The normalized spacial score (nSPS) is 16.9. The number of rotatable bonds is 5. The Morgan fingerprint density at radius 1 is 1.15 bits per heavy atom. The van der Waals surface area contributed by atoms with E-state index in [1.54, 1.807) is 0 Å². The highest BCUT2D eigenvalue weighted by molar-refractivity contribution is 7.99. The van der Waals surface area contributed by atoms with Gasteiger partial charge in [-0.1, -0.05) is 30.0 Å². The van der Waals surface area contributed by atoms with E-state index in [0.717, 1.165) is 17.7 Å². The molecule has 0 aliphatic heterocycles. The molecular weight excluding hydrogens is 354 g/mol. The second kappa shape index (κ2) is 8.14. The molecule has 0 aromatic heterocycles. The Balaban J connectivity index is 1.80. The fourth-order valence-corrected chi connectivity index (χ4v) is 3.68. The van der Waals surface area contributed by atoms with Gasteiger partial charge in [-0.15, -0.1) is 0 Å². The minimum atomic E-state index is -0.742. The van der Waals surface area contributed by atoms with E-state index in [2.05, 4.69) is 0 Å². The van der Waals surface area contributed by atoms with Crippen molar-refractivity contribution >= 4 is 29.2 Å². The molecule has 0 heterocycles. The molecule has 7 heteroatoms. The molecule has 1 aliphatic carbocycles. The first-order chi connectivity index (χ1) is 12.5. The van der Waals surface area contributed by atoms with Crippen LogP contribution < -0.4 is 0 Å². The zero-order valence-electron chi connectivity index (χ0n) is 13.9. The summed E-state index contributed by atoms with van der Waals surface area (Å²) in [4.78, 5) is 36.3. The number of hydrogen-bond donors (Lipinski definition) is 0. The van der Waals surface area contributed by atoms with E-state index < -0.39 is 17.0 Å². The van der Waals surface area contributed by atoms with Crippen molar-refractivity contribution in [3.63, 3.8) is 0 Å². The summed E-state index contributed by atoms with van der Waals surface area (Å²) < 4.78 is 5.26. The van der Waals surface area contributed by atoms with E-state index in [4.69, 9.17) is 4.74 Å². The first-order valence-electron chi connectivity index (χ1n) is 8.29. The van der Waals surface area contributed by atoms with Crippen LogP contribution >= 0.6 is 11.8 Å². The molecule has 0 saturated heterocycles. The number of esters is 1. The van der Waals surface area contributed by atoms with Gasteiger partial charge in [0.15, 0.2) is 11.9 Å². The molecule has 2 aromatic rings. The van der Waals surface area contributed by atoms with E-state index in [0.29, 0.717) is 17.7 Å². The lowest BCUT2D eigenvalue weighted by Crippen LogP contribution is -2.30. The Bertz CT molecular complexity index is 837. The Labute approximate surface area is 154 Å².